The molecule has 0 aromatic heterocycles. The topological polar surface area (TPSA) is 0 Å². The van der Waals surface area contributed by atoms with Crippen LogP contribution in [0.1, 0.15) is 11.1 Å². The van der Waals surface area contributed by atoms with Crippen molar-refractivity contribution in [3.05, 3.63) is 34.4 Å². The summed E-state index contributed by atoms with van der Waals surface area (Å²) in [7, 11) is 0. The number of hydrogen-bond donors (Lipinski definition) is 0. The van der Waals surface area contributed by atoms with Gasteiger partial charge in [0.05, 0.1) is 11.1 Å². The fourth-order valence-corrected chi connectivity index (χ4v) is 2.68. The van der Waals surface area contributed by atoms with Crippen LogP contribution in [0.3, 0.4) is 0 Å². The monoisotopic (exact) mass is 686 g/mol. The van der Waals surface area contributed by atoms with Gasteiger partial charge in [-0.3, -0.25) is 0 Å². The average molecular weight is 686 g/mol. The van der Waals surface area contributed by atoms with Crippen LogP contribution in [0.2, 0.25) is 0 Å². The molecule has 0 amide bonds. The molecule has 0 aliphatic rings. The molecule has 0 radical (unpaired) electrons. The second kappa shape index (κ2) is 9.45. The van der Waals surface area contributed by atoms with Gasteiger partial charge >= 0.3 is 59.7 Å². The van der Waals surface area contributed by atoms with Crippen LogP contribution < -0.4 is 0 Å². The van der Waals surface area contributed by atoms with Crippen LogP contribution in [-0.2, 0) is 11.8 Å². The number of hydrogen-bond acceptors (Lipinski definition) is 0. The summed E-state index contributed by atoms with van der Waals surface area (Å²) in [5.74, 6) is -88.8. The van der Waals surface area contributed by atoms with Crippen molar-refractivity contribution in [2.45, 2.75) is 59.7 Å². The first kappa shape index (κ1) is 37.4. The van der Waals surface area contributed by atoms with Crippen molar-refractivity contribution in [1.82, 2.24) is 0 Å². The van der Waals surface area contributed by atoms with Crippen molar-refractivity contribution in [3.63, 3.8) is 0 Å². The highest BCUT2D eigenvalue weighted by atomic mass is 19.4. The van der Waals surface area contributed by atoms with Gasteiger partial charge < -0.3 is 0 Å². The summed E-state index contributed by atoms with van der Waals surface area (Å²) < 4.78 is 345. The quantitative estimate of drug-likeness (QED) is 0.145. The van der Waals surface area contributed by atoms with E-state index in [1.807, 2.05) is 0 Å². The van der Waals surface area contributed by atoms with Gasteiger partial charge in [-0.15, -0.1) is 0 Å². The summed E-state index contributed by atoms with van der Waals surface area (Å²) in [6, 6.07) is 0. The average Bonchev–Trinajstić information content (AvgIpc) is 2.77. The van der Waals surface area contributed by atoms with E-state index in [-0.39, 0.29) is 0 Å². The van der Waals surface area contributed by atoms with Crippen molar-refractivity contribution < 1.29 is 114 Å². The Labute approximate surface area is 209 Å². The Morgan fingerprint density at radius 2 is 0.476 bits per heavy atom. The first-order valence-corrected chi connectivity index (χ1v) is 8.91. The highest BCUT2D eigenvalue weighted by Gasteiger charge is 2.95. The summed E-state index contributed by atoms with van der Waals surface area (Å²) >= 11 is 0. The molecular formula is C16F26. The third-order valence-corrected chi connectivity index (χ3v) is 4.97. The van der Waals surface area contributed by atoms with Crippen LogP contribution in [-0.4, -0.2) is 47.9 Å². The Balaban J connectivity index is 4.24. The molecule has 0 aliphatic carbocycles. The molecule has 0 nitrogen and oxygen atoms in total. The van der Waals surface area contributed by atoms with Gasteiger partial charge in [-0.25, -0.2) is 17.6 Å². The van der Waals surface area contributed by atoms with Crippen molar-refractivity contribution in [3.8, 4) is 0 Å². The zero-order valence-electron chi connectivity index (χ0n) is 17.8. The third-order valence-electron chi connectivity index (χ3n) is 4.97. The first-order valence-electron chi connectivity index (χ1n) is 8.91. The molecule has 1 aromatic carbocycles. The minimum absolute atomic E-state index is 4.05. The smallest absolute Gasteiger partial charge is 0.203 e. The standard InChI is InChI=1S/C16F26/c17-3-1(2(4(18)6(20)5(3)19)8(23,24)15(37,38)39)7(21,22)9(25,26)10(27,28)11(29,30)12(31,32)13(33,34)14(35,36)16(40,41)42. The predicted molar refractivity (Wildman–Crippen MR) is 75.9 cm³/mol. The maximum atomic E-state index is 14.3. The molecule has 0 bridgehead atoms. The van der Waals surface area contributed by atoms with Gasteiger partial charge in [-0.2, -0.15) is 96.6 Å². The summed E-state index contributed by atoms with van der Waals surface area (Å²) in [6.45, 7) is 0. The number of halogens is 26. The van der Waals surface area contributed by atoms with Crippen molar-refractivity contribution in [1.29, 1.82) is 0 Å². The van der Waals surface area contributed by atoms with E-state index < -0.39 is 94.1 Å². The maximum absolute atomic E-state index is 14.3. The molecule has 0 unspecified atom stereocenters. The first-order chi connectivity index (χ1) is 17.9. The Morgan fingerprint density at radius 3 is 0.738 bits per heavy atom. The van der Waals surface area contributed by atoms with E-state index in [4.69, 9.17) is 0 Å². The highest BCUT2D eigenvalue weighted by molar-refractivity contribution is 5.41. The summed E-state index contributed by atoms with van der Waals surface area (Å²) in [5.41, 5.74) is -10.1. The van der Waals surface area contributed by atoms with Gasteiger partial charge in [0.1, 0.15) is 0 Å². The van der Waals surface area contributed by atoms with E-state index >= 15 is 0 Å². The summed E-state index contributed by atoms with van der Waals surface area (Å²) in [4.78, 5) is 0. The molecule has 246 valence electrons. The molecular weight excluding hydrogens is 686 g/mol. The SMILES string of the molecule is Fc1c(F)c(F)c(C(F)(F)C(F)(F)C(F)(F)C(F)(F)C(F)(F)C(F)(F)C(F)(F)C(F)(F)F)c(C(F)(F)C(F)(F)F)c1F. The van der Waals surface area contributed by atoms with Crippen LogP contribution in [0, 0.1) is 23.3 Å². The van der Waals surface area contributed by atoms with Crippen LogP contribution in [0.25, 0.3) is 0 Å². The Bertz CT molecular complexity index is 1190. The number of alkyl halides is 22. The van der Waals surface area contributed by atoms with Gasteiger partial charge in [0.2, 0.25) is 0 Å². The third kappa shape index (κ3) is 4.46. The van der Waals surface area contributed by atoms with Gasteiger partial charge in [0.25, 0.3) is 0 Å². The summed E-state index contributed by atoms with van der Waals surface area (Å²) in [6.07, 6.45) is -15.9. The summed E-state index contributed by atoms with van der Waals surface area (Å²) in [5, 5.41) is 0. The highest BCUT2D eigenvalue weighted by Crippen LogP contribution is 2.66. The van der Waals surface area contributed by atoms with E-state index in [9.17, 15) is 114 Å². The van der Waals surface area contributed by atoms with Crippen LogP contribution in [0.15, 0.2) is 0 Å². The maximum Gasteiger partial charge on any atom is 0.460 e. The molecule has 0 saturated heterocycles. The van der Waals surface area contributed by atoms with Crippen molar-refractivity contribution in [2.75, 3.05) is 0 Å². The Kier molecular flexibility index (Phi) is 8.42. The lowest BCUT2D eigenvalue weighted by Crippen LogP contribution is -2.74. The lowest BCUT2D eigenvalue weighted by atomic mass is 9.84. The number of rotatable bonds is 8. The Hall–Kier alpha value is -2.60. The minimum atomic E-state index is -9.41. The van der Waals surface area contributed by atoms with Gasteiger partial charge in [0.15, 0.2) is 23.3 Å². The molecule has 0 saturated carbocycles. The minimum Gasteiger partial charge on any atom is -0.203 e. The lowest BCUT2D eigenvalue weighted by molar-refractivity contribution is -0.463. The fourth-order valence-electron chi connectivity index (χ4n) is 2.68. The van der Waals surface area contributed by atoms with E-state index in [2.05, 4.69) is 0 Å². The molecule has 0 spiro atoms. The Morgan fingerprint density at radius 1 is 0.238 bits per heavy atom. The normalized spacial score (nSPS) is 15.9. The van der Waals surface area contributed by atoms with Gasteiger partial charge in [-0.05, 0) is 0 Å². The van der Waals surface area contributed by atoms with E-state index in [0.29, 0.717) is 0 Å². The molecule has 26 heteroatoms. The van der Waals surface area contributed by atoms with E-state index in [0.717, 1.165) is 0 Å². The van der Waals surface area contributed by atoms with Gasteiger partial charge in [0, 0.05) is 0 Å². The molecule has 0 heterocycles. The van der Waals surface area contributed by atoms with E-state index in [1.54, 1.807) is 0 Å². The molecule has 1 rings (SSSR count). The molecule has 1 aromatic rings. The predicted octanol–water partition coefficient (Wildman–Crippen LogP) is 9.36. The van der Waals surface area contributed by atoms with Gasteiger partial charge in [-0.1, -0.05) is 0 Å². The van der Waals surface area contributed by atoms with Crippen LogP contribution >= 0.6 is 0 Å². The molecule has 0 aliphatic heterocycles. The largest absolute Gasteiger partial charge is 0.460 e. The second-order valence-corrected chi connectivity index (χ2v) is 7.60. The molecule has 42 heavy (non-hydrogen) atoms. The van der Waals surface area contributed by atoms with Crippen molar-refractivity contribution >= 4 is 0 Å². The zero-order valence-corrected chi connectivity index (χ0v) is 17.8. The molecule has 0 atom stereocenters. The van der Waals surface area contributed by atoms with E-state index in [1.165, 1.54) is 0 Å². The van der Waals surface area contributed by atoms with Crippen LogP contribution in [0.4, 0.5) is 114 Å². The second-order valence-electron chi connectivity index (χ2n) is 7.60. The molecule has 0 fully saturated rings. The molecule has 0 N–H and O–H groups in total. The zero-order chi connectivity index (χ0) is 34.5. The van der Waals surface area contributed by atoms with Crippen molar-refractivity contribution in [2.24, 2.45) is 0 Å². The van der Waals surface area contributed by atoms with Crippen LogP contribution in [0.5, 0.6) is 0 Å². The lowest BCUT2D eigenvalue weighted by Gasteiger charge is -2.43. The number of benzene rings is 1. The fraction of sp³-hybridized carbons (Fsp3) is 0.625.